The molecule has 0 saturated carbocycles. The summed E-state index contributed by atoms with van der Waals surface area (Å²) in [5, 5.41) is 10.5. The number of nitrogens with zero attached hydrogens (tertiary/aromatic N) is 3. The minimum atomic E-state index is -0.998. The molecule has 3 aromatic carbocycles. The van der Waals surface area contributed by atoms with Gasteiger partial charge in [-0.3, -0.25) is 4.90 Å². The highest BCUT2D eigenvalue weighted by Gasteiger charge is 2.51. The van der Waals surface area contributed by atoms with E-state index in [9.17, 15) is 9.90 Å². The molecule has 0 radical (unpaired) electrons. The molecule has 3 aromatic rings. The maximum absolute atomic E-state index is 12.2. The van der Waals surface area contributed by atoms with Crippen LogP contribution in [-0.2, 0) is 10.3 Å². The van der Waals surface area contributed by atoms with E-state index in [2.05, 4.69) is 36.4 Å². The topological polar surface area (TPSA) is 74.5 Å². The van der Waals surface area contributed by atoms with Gasteiger partial charge in [0, 0.05) is 29.7 Å². The lowest BCUT2D eigenvalue weighted by Crippen LogP contribution is -2.47. The molecule has 0 aliphatic carbocycles. The standard InChI is InChI=1S/C30H31N3O3S/c1-29(2,3)33(28(34)35)27-32-30(17-18-36-20-25(30)37-27)23-15-10-16-24(19-23)31-26(21-11-6-4-7-12-21)22-13-8-5-9-14-22/h4-16,19,25H,17-18,20H2,1-3H3,(H,34,35)/t25-,30-/m1/s1. The van der Waals surface area contributed by atoms with Crippen molar-refractivity contribution in [2.45, 2.75) is 43.5 Å². The summed E-state index contributed by atoms with van der Waals surface area (Å²) in [6.45, 7) is 6.75. The third-order valence-corrected chi connectivity index (χ3v) is 8.00. The van der Waals surface area contributed by atoms with Gasteiger partial charge >= 0.3 is 6.09 Å². The Balaban J connectivity index is 1.60. The summed E-state index contributed by atoms with van der Waals surface area (Å²) in [7, 11) is 0. The molecule has 7 heteroatoms. The number of carboxylic acid groups (broad SMARTS) is 1. The van der Waals surface area contributed by atoms with Gasteiger partial charge in [0.15, 0.2) is 5.17 Å². The van der Waals surface area contributed by atoms with Crippen molar-refractivity contribution in [1.82, 2.24) is 4.90 Å². The predicted octanol–water partition coefficient (Wildman–Crippen LogP) is 6.72. The fourth-order valence-electron chi connectivity index (χ4n) is 4.92. The van der Waals surface area contributed by atoms with E-state index in [1.807, 2.05) is 69.3 Å². The summed E-state index contributed by atoms with van der Waals surface area (Å²) in [5.41, 5.74) is 3.67. The number of thioether (sulfide) groups is 1. The van der Waals surface area contributed by atoms with E-state index in [4.69, 9.17) is 14.7 Å². The third-order valence-electron chi connectivity index (χ3n) is 6.71. The lowest BCUT2D eigenvalue weighted by atomic mass is 9.82. The van der Waals surface area contributed by atoms with Gasteiger partial charge in [-0.2, -0.15) is 0 Å². The van der Waals surface area contributed by atoms with Crippen LogP contribution < -0.4 is 0 Å². The summed E-state index contributed by atoms with van der Waals surface area (Å²) < 4.78 is 5.83. The number of hydrogen-bond acceptors (Lipinski definition) is 5. The van der Waals surface area contributed by atoms with E-state index in [1.165, 1.54) is 16.7 Å². The number of fused-ring (bicyclic) bond motifs is 1. The first-order valence-electron chi connectivity index (χ1n) is 12.5. The Bertz CT molecular complexity index is 1290. The molecule has 190 valence electrons. The molecule has 1 amide bonds. The van der Waals surface area contributed by atoms with Crippen molar-refractivity contribution in [3.05, 3.63) is 102 Å². The van der Waals surface area contributed by atoms with Gasteiger partial charge in [0.1, 0.15) is 5.54 Å². The maximum Gasteiger partial charge on any atom is 0.413 e. The molecule has 0 spiro atoms. The lowest BCUT2D eigenvalue weighted by molar-refractivity contribution is 0.0609. The van der Waals surface area contributed by atoms with Crippen LogP contribution >= 0.6 is 11.8 Å². The number of aliphatic imine (C=N–C) groups is 2. The molecule has 2 heterocycles. The number of amides is 1. The number of benzene rings is 3. The van der Waals surface area contributed by atoms with Gasteiger partial charge in [-0.1, -0.05) is 84.6 Å². The monoisotopic (exact) mass is 513 g/mol. The second-order valence-electron chi connectivity index (χ2n) is 10.3. The Labute approximate surface area is 222 Å². The van der Waals surface area contributed by atoms with Crippen molar-refractivity contribution < 1.29 is 14.6 Å². The van der Waals surface area contributed by atoms with E-state index >= 15 is 0 Å². The Hall–Kier alpha value is -3.42. The lowest BCUT2D eigenvalue weighted by Gasteiger charge is -2.36. The van der Waals surface area contributed by atoms with Crippen LogP contribution in [0.1, 0.15) is 43.9 Å². The zero-order chi connectivity index (χ0) is 26.0. The van der Waals surface area contributed by atoms with Crippen molar-refractivity contribution in [3.63, 3.8) is 0 Å². The molecule has 0 unspecified atom stereocenters. The molecule has 0 bridgehead atoms. The van der Waals surface area contributed by atoms with E-state index in [0.717, 1.165) is 28.1 Å². The third kappa shape index (κ3) is 5.06. The smallest absolute Gasteiger partial charge is 0.413 e. The van der Waals surface area contributed by atoms with E-state index in [-0.39, 0.29) is 5.25 Å². The Morgan fingerprint density at radius 1 is 1.03 bits per heavy atom. The molecule has 1 N–H and O–H groups in total. The van der Waals surface area contributed by atoms with Crippen molar-refractivity contribution in [2.75, 3.05) is 13.2 Å². The number of rotatable bonds is 4. The summed E-state index contributed by atoms with van der Waals surface area (Å²) in [4.78, 5) is 23.8. The zero-order valence-electron chi connectivity index (χ0n) is 21.3. The molecule has 37 heavy (non-hydrogen) atoms. The first-order chi connectivity index (χ1) is 17.8. The highest BCUT2D eigenvalue weighted by Crippen LogP contribution is 2.49. The molecule has 6 nitrogen and oxygen atoms in total. The summed E-state index contributed by atoms with van der Waals surface area (Å²) in [5.74, 6) is 0. The van der Waals surface area contributed by atoms with Crippen molar-refractivity contribution in [2.24, 2.45) is 9.98 Å². The van der Waals surface area contributed by atoms with Gasteiger partial charge in [0.25, 0.3) is 0 Å². The summed E-state index contributed by atoms with van der Waals surface area (Å²) in [6, 6.07) is 28.6. The first kappa shape index (κ1) is 25.2. The van der Waals surface area contributed by atoms with Gasteiger partial charge in [-0.25, -0.2) is 14.8 Å². The van der Waals surface area contributed by atoms with E-state index in [1.54, 1.807) is 0 Å². The fraction of sp³-hybridized carbons (Fsp3) is 0.300. The van der Waals surface area contributed by atoms with Crippen molar-refractivity contribution in [1.29, 1.82) is 0 Å². The van der Waals surface area contributed by atoms with E-state index < -0.39 is 17.2 Å². The highest BCUT2D eigenvalue weighted by molar-refractivity contribution is 8.14. The number of ether oxygens (including phenoxy) is 1. The molecule has 0 aromatic heterocycles. The largest absolute Gasteiger partial charge is 0.465 e. The van der Waals surface area contributed by atoms with Gasteiger partial charge in [0.05, 0.1) is 23.3 Å². The van der Waals surface area contributed by atoms with Crippen LogP contribution in [0, 0.1) is 0 Å². The van der Waals surface area contributed by atoms with Crippen molar-refractivity contribution in [3.8, 4) is 0 Å². The molecule has 2 aliphatic heterocycles. The zero-order valence-corrected chi connectivity index (χ0v) is 22.1. The minimum absolute atomic E-state index is 0.0117. The summed E-state index contributed by atoms with van der Waals surface area (Å²) in [6.07, 6.45) is -0.314. The first-order valence-corrected chi connectivity index (χ1v) is 13.3. The number of carbonyl (C=O) groups is 1. The van der Waals surface area contributed by atoms with Crippen LogP contribution in [0.15, 0.2) is 94.9 Å². The van der Waals surface area contributed by atoms with Crippen LogP contribution in [-0.4, -0.2) is 51.0 Å². The molecule has 5 rings (SSSR count). The Morgan fingerprint density at radius 2 is 1.68 bits per heavy atom. The quantitative estimate of drug-likeness (QED) is 0.393. The normalized spacial score (nSPS) is 21.1. The predicted molar refractivity (Wildman–Crippen MR) is 150 cm³/mol. The molecule has 1 saturated heterocycles. The SMILES string of the molecule is CC(C)(C)N(C(=O)O)C1=N[C@@]2(c3cccc(N=C(c4ccccc4)c4ccccc4)c3)CCOC[C@H]2S1. The average Bonchev–Trinajstić information content (AvgIpc) is 3.27. The highest BCUT2D eigenvalue weighted by atomic mass is 32.2. The molecule has 2 aliphatic rings. The van der Waals surface area contributed by atoms with Gasteiger partial charge < -0.3 is 9.84 Å². The average molecular weight is 514 g/mol. The van der Waals surface area contributed by atoms with E-state index in [0.29, 0.717) is 24.8 Å². The Kier molecular flexibility index (Phi) is 6.92. The number of hydrogen-bond donors (Lipinski definition) is 1. The second kappa shape index (κ2) is 10.1. The van der Waals surface area contributed by atoms with Gasteiger partial charge in [-0.05, 0) is 38.5 Å². The molecule has 2 atom stereocenters. The summed E-state index contributed by atoms with van der Waals surface area (Å²) >= 11 is 1.50. The molecular formula is C30H31N3O3S. The second-order valence-corrected chi connectivity index (χ2v) is 11.5. The molecule has 1 fully saturated rings. The Morgan fingerprint density at radius 3 is 2.27 bits per heavy atom. The van der Waals surface area contributed by atoms with Crippen molar-refractivity contribution >= 4 is 34.4 Å². The van der Waals surface area contributed by atoms with Crippen LogP contribution in [0.4, 0.5) is 10.5 Å². The number of amidine groups is 1. The van der Waals surface area contributed by atoms with Gasteiger partial charge in [0.2, 0.25) is 0 Å². The van der Waals surface area contributed by atoms with Crippen LogP contribution in [0.2, 0.25) is 0 Å². The minimum Gasteiger partial charge on any atom is -0.465 e. The van der Waals surface area contributed by atoms with Crippen LogP contribution in [0.25, 0.3) is 0 Å². The molecular weight excluding hydrogens is 482 g/mol. The van der Waals surface area contributed by atoms with Crippen LogP contribution in [0.3, 0.4) is 0 Å². The maximum atomic E-state index is 12.2. The van der Waals surface area contributed by atoms with Gasteiger partial charge in [-0.15, -0.1) is 0 Å². The van der Waals surface area contributed by atoms with Crippen LogP contribution in [0.5, 0.6) is 0 Å². The fourth-order valence-corrected chi connectivity index (χ4v) is 6.51.